The zero-order chi connectivity index (χ0) is 14.1. The molecule has 1 N–H and O–H groups in total. The predicted octanol–water partition coefficient (Wildman–Crippen LogP) is 4.95. The average Bonchev–Trinajstić information content (AvgIpc) is 2.46. The van der Waals surface area contributed by atoms with Crippen molar-refractivity contribution in [3.63, 3.8) is 0 Å². The first-order valence-electron chi connectivity index (χ1n) is 6.62. The van der Waals surface area contributed by atoms with Crippen LogP contribution >= 0.6 is 0 Å². The van der Waals surface area contributed by atoms with Crippen LogP contribution in [0.5, 0.6) is 0 Å². The molecular weight excluding hydrogens is 210 g/mol. The van der Waals surface area contributed by atoms with Crippen LogP contribution in [-0.2, 0) is 11.3 Å². The third kappa shape index (κ3) is 12.9. The average molecular weight is 241 g/mol. The largest absolute Gasteiger partial charge is 0.388 e. The van der Waals surface area contributed by atoms with Gasteiger partial charge in [-0.25, -0.2) is 0 Å². The smallest absolute Gasteiger partial charge is 0.0713 e. The second-order valence-electron chi connectivity index (χ2n) is 2.38. The van der Waals surface area contributed by atoms with Crippen LogP contribution in [0.1, 0.15) is 47.1 Å². The summed E-state index contributed by atoms with van der Waals surface area (Å²) in [5.74, 6) is 0. The van der Waals surface area contributed by atoms with Crippen molar-refractivity contribution in [1.29, 1.82) is 0 Å². The van der Waals surface area contributed by atoms with Crippen molar-refractivity contribution in [1.82, 2.24) is 0 Å². The SMILES string of the molecule is CC.CC.CC.CNc1ccc(COC)cc1. The number of hydrogen-bond acceptors (Lipinski definition) is 2. The molecule has 0 aromatic heterocycles. The molecule has 0 saturated heterocycles. The standard InChI is InChI=1S/C9H13NO.3C2H6/c1-10-9-5-3-8(4-6-9)7-11-2;3*1-2/h3-6,10H,7H2,1-2H3;3*1-2H3. The van der Waals surface area contributed by atoms with Crippen LogP contribution in [0, 0.1) is 0 Å². The molecule has 0 unspecified atom stereocenters. The quantitative estimate of drug-likeness (QED) is 0.808. The number of methoxy groups -OCH3 is 1. The first kappa shape index (κ1) is 21.3. The Balaban J connectivity index is -0.000000285. The second-order valence-corrected chi connectivity index (χ2v) is 2.38. The molecule has 17 heavy (non-hydrogen) atoms. The van der Waals surface area contributed by atoms with Crippen LogP contribution in [-0.4, -0.2) is 14.2 Å². The normalized spacial score (nSPS) is 7.29. The van der Waals surface area contributed by atoms with E-state index in [0.717, 1.165) is 5.69 Å². The molecule has 0 fully saturated rings. The van der Waals surface area contributed by atoms with E-state index >= 15 is 0 Å². The molecule has 2 heteroatoms. The molecule has 2 nitrogen and oxygen atoms in total. The molecule has 1 aromatic rings. The second kappa shape index (κ2) is 20.4. The van der Waals surface area contributed by atoms with Crippen molar-refractivity contribution in [2.24, 2.45) is 0 Å². The minimum absolute atomic E-state index is 0.685. The fourth-order valence-corrected chi connectivity index (χ4v) is 0.934. The molecule has 0 aliphatic rings. The number of anilines is 1. The van der Waals surface area contributed by atoms with Gasteiger partial charge >= 0.3 is 0 Å². The Hall–Kier alpha value is -1.02. The van der Waals surface area contributed by atoms with E-state index in [4.69, 9.17) is 4.74 Å². The van der Waals surface area contributed by atoms with Gasteiger partial charge in [0.25, 0.3) is 0 Å². The highest BCUT2D eigenvalue weighted by atomic mass is 16.5. The minimum atomic E-state index is 0.685. The maximum absolute atomic E-state index is 4.98. The van der Waals surface area contributed by atoms with E-state index in [1.54, 1.807) is 7.11 Å². The van der Waals surface area contributed by atoms with Crippen molar-refractivity contribution < 1.29 is 4.74 Å². The van der Waals surface area contributed by atoms with Crippen molar-refractivity contribution in [3.8, 4) is 0 Å². The lowest BCUT2D eigenvalue weighted by Gasteiger charge is -2.01. The van der Waals surface area contributed by atoms with Crippen LogP contribution in [0.3, 0.4) is 0 Å². The zero-order valence-electron chi connectivity index (χ0n) is 12.9. The van der Waals surface area contributed by atoms with Crippen molar-refractivity contribution >= 4 is 5.69 Å². The Morgan fingerprint density at radius 3 is 1.59 bits per heavy atom. The summed E-state index contributed by atoms with van der Waals surface area (Å²) in [5.41, 5.74) is 2.33. The highest BCUT2D eigenvalue weighted by Crippen LogP contribution is 2.08. The lowest BCUT2D eigenvalue weighted by Crippen LogP contribution is -1.90. The molecule has 0 heterocycles. The fourth-order valence-electron chi connectivity index (χ4n) is 0.934. The molecule has 0 bridgehead atoms. The first-order chi connectivity index (χ1) is 8.36. The Morgan fingerprint density at radius 1 is 0.882 bits per heavy atom. The molecule has 0 aliphatic carbocycles. The molecule has 0 aliphatic heterocycles. The molecular formula is C15H31NO. The Bertz CT molecular complexity index is 207. The van der Waals surface area contributed by atoms with E-state index in [9.17, 15) is 0 Å². The summed E-state index contributed by atoms with van der Waals surface area (Å²) >= 11 is 0. The highest BCUT2D eigenvalue weighted by molar-refractivity contribution is 5.43. The van der Waals surface area contributed by atoms with Gasteiger partial charge < -0.3 is 10.1 Å². The summed E-state index contributed by atoms with van der Waals surface area (Å²) in [6.45, 7) is 12.7. The van der Waals surface area contributed by atoms with Crippen LogP contribution in [0.25, 0.3) is 0 Å². The van der Waals surface area contributed by atoms with E-state index in [-0.39, 0.29) is 0 Å². The molecule has 1 rings (SSSR count). The Kier molecular flexibility index (Phi) is 25.5. The summed E-state index contributed by atoms with van der Waals surface area (Å²) < 4.78 is 4.98. The summed E-state index contributed by atoms with van der Waals surface area (Å²) in [4.78, 5) is 0. The first-order valence-corrected chi connectivity index (χ1v) is 6.62. The van der Waals surface area contributed by atoms with Gasteiger partial charge in [-0.1, -0.05) is 53.7 Å². The molecule has 0 radical (unpaired) electrons. The molecule has 0 saturated carbocycles. The summed E-state index contributed by atoms with van der Waals surface area (Å²) in [5, 5.41) is 3.06. The van der Waals surface area contributed by atoms with Crippen molar-refractivity contribution in [2.45, 2.75) is 48.1 Å². The van der Waals surface area contributed by atoms with E-state index in [1.807, 2.05) is 60.7 Å². The topological polar surface area (TPSA) is 21.3 Å². The fraction of sp³-hybridized carbons (Fsp3) is 0.600. The number of hydrogen-bond donors (Lipinski definition) is 1. The molecule has 102 valence electrons. The van der Waals surface area contributed by atoms with Gasteiger partial charge in [-0.3, -0.25) is 0 Å². The van der Waals surface area contributed by atoms with Crippen molar-refractivity contribution in [2.75, 3.05) is 19.5 Å². The van der Waals surface area contributed by atoms with E-state index < -0.39 is 0 Å². The lowest BCUT2D eigenvalue weighted by molar-refractivity contribution is 0.185. The summed E-state index contributed by atoms with van der Waals surface area (Å²) in [6, 6.07) is 8.17. The van der Waals surface area contributed by atoms with E-state index in [1.165, 1.54) is 5.56 Å². The van der Waals surface area contributed by atoms with Gasteiger partial charge in [0.2, 0.25) is 0 Å². The van der Waals surface area contributed by atoms with E-state index in [2.05, 4.69) is 17.4 Å². The van der Waals surface area contributed by atoms with E-state index in [0.29, 0.717) is 6.61 Å². The van der Waals surface area contributed by atoms with Crippen LogP contribution < -0.4 is 5.32 Å². The monoisotopic (exact) mass is 241 g/mol. The van der Waals surface area contributed by atoms with Crippen LogP contribution in [0.2, 0.25) is 0 Å². The number of ether oxygens (including phenoxy) is 1. The third-order valence-electron chi connectivity index (χ3n) is 1.55. The molecule has 0 spiro atoms. The van der Waals surface area contributed by atoms with Gasteiger partial charge in [-0.2, -0.15) is 0 Å². The van der Waals surface area contributed by atoms with Crippen LogP contribution in [0.4, 0.5) is 5.69 Å². The Morgan fingerprint density at radius 2 is 1.29 bits per heavy atom. The van der Waals surface area contributed by atoms with Gasteiger partial charge in [0.1, 0.15) is 0 Å². The zero-order valence-corrected chi connectivity index (χ0v) is 12.9. The number of nitrogens with one attached hydrogen (secondary N) is 1. The van der Waals surface area contributed by atoms with Gasteiger partial charge in [0.05, 0.1) is 6.61 Å². The van der Waals surface area contributed by atoms with Gasteiger partial charge in [-0.15, -0.1) is 0 Å². The van der Waals surface area contributed by atoms with Crippen molar-refractivity contribution in [3.05, 3.63) is 29.8 Å². The van der Waals surface area contributed by atoms with Gasteiger partial charge in [0, 0.05) is 19.8 Å². The molecule has 1 aromatic carbocycles. The van der Waals surface area contributed by atoms with Crippen LogP contribution in [0.15, 0.2) is 24.3 Å². The molecule has 0 amide bonds. The number of benzene rings is 1. The Labute approximate surface area is 108 Å². The van der Waals surface area contributed by atoms with Gasteiger partial charge in [-0.05, 0) is 17.7 Å². The summed E-state index contributed by atoms with van der Waals surface area (Å²) in [6.07, 6.45) is 0. The predicted molar refractivity (Wildman–Crippen MR) is 80.7 cm³/mol. The number of rotatable bonds is 3. The maximum Gasteiger partial charge on any atom is 0.0713 e. The van der Waals surface area contributed by atoms with Gasteiger partial charge in [0.15, 0.2) is 0 Å². The highest BCUT2D eigenvalue weighted by Gasteiger charge is 1.90. The summed E-state index contributed by atoms with van der Waals surface area (Å²) in [7, 11) is 3.61. The molecule has 0 atom stereocenters. The third-order valence-corrected chi connectivity index (χ3v) is 1.55. The maximum atomic E-state index is 4.98. The lowest BCUT2D eigenvalue weighted by atomic mass is 10.2. The minimum Gasteiger partial charge on any atom is -0.388 e.